The molecule has 1 aromatic carbocycles. The van der Waals surface area contributed by atoms with Crippen LogP contribution in [-0.2, 0) is 24.2 Å². The SMILES string of the molecule is COc1c(C)c(C(=O)CC(C)OC23CC2CC(=O)CC3=O)cc(C)c1S(C)(=O)=O. The molecular weight excluding hydrogens is 396 g/mol. The van der Waals surface area contributed by atoms with Crippen LogP contribution < -0.4 is 4.74 Å². The molecule has 0 bridgehead atoms. The summed E-state index contributed by atoms with van der Waals surface area (Å²) in [5.41, 5.74) is 0.361. The first-order chi connectivity index (χ1) is 13.4. The van der Waals surface area contributed by atoms with Crippen LogP contribution in [0.15, 0.2) is 11.0 Å². The smallest absolute Gasteiger partial charge is 0.179 e. The van der Waals surface area contributed by atoms with Gasteiger partial charge in [0, 0.05) is 36.1 Å². The predicted molar refractivity (Wildman–Crippen MR) is 105 cm³/mol. The van der Waals surface area contributed by atoms with Crippen molar-refractivity contribution in [3.8, 4) is 5.75 Å². The lowest BCUT2D eigenvalue weighted by molar-refractivity contribution is -0.145. The number of sulfone groups is 1. The van der Waals surface area contributed by atoms with Crippen molar-refractivity contribution >= 4 is 27.2 Å². The zero-order chi connectivity index (χ0) is 21.7. The van der Waals surface area contributed by atoms with Gasteiger partial charge in [0.1, 0.15) is 22.0 Å². The molecule has 0 spiro atoms. The first kappa shape index (κ1) is 21.6. The third-order valence-electron chi connectivity index (χ3n) is 5.78. The van der Waals surface area contributed by atoms with Crippen LogP contribution in [0.4, 0.5) is 0 Å². The van der Waals surface area contributed by atoms with Gasteiger partial charge in [0.2, 0.25) is 0 Å². The van der Waals surface area contributed by atoms with Crippen molar-refractivity contribution in [2.75, 3.05) is 13.4 Å². The van der Waals surface area contributed by atoms with Crippen LogP contribution in [0, 0.1) is 19.8 Å². The first-order valence-corrected chi connectivity index (χ1v) is 11.4. The summed E-state index contributed by atoms with van der Waals surface area (Å²) in [6.45, 7) is 5.01. The molecule has 7 nitrogen and oxygen atoms in total. The van der Waals surface area contributed by atoms with E-state index in [1.165, 1.54) is 7.11 Å². The number of ketones is 3. The molecule has 0 amide bonds. The molecule has 29 heavy (non-hydrogen) atoms. The maximum absolute atomic E-state index is 12.9. The minimum atomic E-state index is -3.52. The van der Waals surface area contributed by atoms with Gasteiger partial charge in [0.25, 0.3) is 0 Å². The highest BCUT2D eigenvalue weighted by molar-refractivity contribution is 7.90. The molecule has 2 aliphatic rings. The Morgan fingerprint density at radius 1 is 1.31 bits per heavy atom. The highest BCUT2D eigenvalue weighted by Crippen LogP contribution is 2.54. The van der Waals surface area contributed by atoms with E-state index in [1.807, 2.05) is 0 Å². The van der Waals surface area contributed by atoms with Gasteiger partial charge in [0.15, 0.2) is 21.4 Å². The lowest BCUT2D eigenvalue weighted by atomic mass is 9.94. The number of carbonyl (C=O) groups is 3. The van der Waals surface area contributed by atoms with Gasteiger partial charge >= 0.3 is 0 Å². The zero-order valence-electron chi connectivity index (χ0n) is 17.3. The summed E-state index contributed by atoms with van der Waals surface area (Å²) in [6, 6.07) is 1.56. The molecule has 0 aliphatic heterocycles. The summed E-state index contributed by atoms with van der Waals surface area (Å²) in [5, 5.41) is 0. The van der Waals surface area contributed by atoms with Gasteiger partial charge in [-0.15, -0.1) is 0 Å². The molecule has 0 N–H and O–H groups in total. The van der Waals surface area contributed by atoms with E-state index in [1.54, 1.807) is 26.8 Å². The molecule has 0 heterocycles. The number of carbonyl (C=O) groups excluding carboxylic acids is 3. The van der Waals surface area contributed by atoms with E-state index in [-0.39, 0.29) is 46.8 Å². The van der Waals surface area contributed by atoms with Gasteiger partial charge < -0.3 is 9.47 Å². The second kappa shape index (κ2) is 7.32. The summed E-state index contributed by atoms with van der Waals surface area (Å²) in [6.07, 6.45) is 1.42. The third-order valence-corrected chi connectivity index (χ3v) is 7.03. The first-order valence-electron chi connectivity index (χ1n) is 9.55. The number of benzene rings is 1. The molecule has 158 valence electrons. The van der Waals surface area contributed by atoms with Crippen LogP contribution in [0.1, 0.15) is 54.1 Å². The number of aryl methyl sites for hydroxylation is 1. The van der Waals surface area contributed by atoms with Gasteiger partial charge in [-0.3, -0.25) is 14.4 Å². The predicted octanol–water partition coefficient (Wildman–Crippen LogP) is 2.38. The van der Waals surface area contributed by atoms with Crippen LogP contribution in [0.25, 0.3) is 0 Å². The topological polar surface area (TPSA) is 104 Å². The molecule has 1 aromatic rings. The van der Waals surface area contributed by atoms with E-state index >= 15 is 0 Å². The van der Waals surface area contributed by atoms with E-state index in [0.29, 0.717) is 29.5 Å². The fourth-order valence-corrected chi connectivity index (χ4v) is 5.62. The summed E-state index contributed by atoms with van der Waals surface area (Å²) in [5.74, 6) is -0.364. The summed E-state index contributed by atoms with van der Waals surface area (Å²) in [4.78, 5) is 36.8. The molecule has 8 heteroatoms. The van der Waals surface area contributed by atoms with Crippen molar-refractivity contribution in [2.24, 2.45) is 5.92 Å². The Labute approximate surface area is 170 Å². The Morgan fingerprint density at radius 2 is 1.97 bits per heavy atom. The van der Waals surface area contributed by atoms with E-state index < -0.39 is 21.5 Å². The average Bonchev–Trinajstić information content (AvgIpc) is 3.28. The number of hydrogen-bond acceptors (Lipinski definition) is 7. The second-order valence-corrected chi connectivity index (χ2v) is 10.1. The minimum Gasteiger partial charge on any atom is -0.495 e. The maximum Gasteiger partial charge on any atom is 0.179 e. The van der Waals surface area contributed by atoms with E-state index in [2.05, 4.69) is 0 Å². The van der Waals surface area contributed by atoms with Crippen molar-refractivity contribution in [1.82, 2.24) is 0 Å². The van der Waals surface area contributed by atoms with Crippen molar-refractivity contribution < 1.29 is 32.3 Å². The quantitative estimate of drug-likeness (QED) is 0.491. The van der Waals surface area contributed by atoms with Crippen molar-refractivity contribution in [2.45, 2.75) is 63.1 Å². The molecular formula is C21H26O7S. The van der Waals surface area contributed by atoms with Crippen molar-refractivity contribution in [1.29, 1.82) is 0 Å². The third kappa shape index (κ3) is 3.88. The maximum atomic E-state index is 12.9. The monoisotopic (exact) mass is 422 g/mol. The Balaban J connectivity index is 1.80. The van der Waals surface area contributed by atoms with Crippen LogP contribution in [0.3, 0.4) is 0 Å². The van der Waals surface area contributed by atoms with Gasteiger partial charge in [0.05, 0.1) is 19.6 Å². The normalized spacial score (nSPS) is 24.8. The minimum absolute atomic E-state index is 0.0390. The Kier molecular flexibility index (Phi) is 5.47. The summed E-state index contributed by atoms with van der Waals surface area (Å²) in [7, 11) is -2.15. The van der Waals surface area contributed by atoms with Crippen LogP contribution in [0.2, 0.25) is 0 Å². The lowest BCUT2D eigenvalue weighted by Gasteiger charge is -2.25. The van der Waals surface area contributed by atoms with Gasteiger partial charge in [-0.05, 0) is 38.8 Å². The fourth-order valence-electron chi connectivity index (χ4n) is 4.40. The lowest BCUT2D eigenvalue weighted by Crippen LogP contribution is -2.38. The van der Waals surface area contributed by atoms with Crippen LogP contribution in [0.5, 0.6) is 5.75 Å². The number of Topliss-reactive ketones (excluding diaryl/α,β-unsaturated/α-hetero) is 3. The van der Waals surface area contributed by atoms with Crippen molar-refractivity contribution in [3.05, 3.63) is 22.8 Å². The number of fused-ring (bicyclic) bond motifs is 1. The molecule has 3 atom stereocenters. The summed E-state index contributed by atoms with van der Waals surface area (Å²) >= 11 is 0. The standard InChI is InChI=1S/C21H26O7S/c1-11-6-16(13(3)19(27-4)20(11)29(5,25)26)17(23)7-12(2)28-21-10-14(21)8-15(22)9-18(21)24/h6,12,14H,7-10H2,1-5H3. The number of ether oxygens (including phenoxy) is 2. The van der Waals surface area contributed by atoms with Gasteiger partial charge in [-0.1, -0.05) is 0 Å². The molecule has 0 aromatic heterocycles. The molecule has 2 saturated carbocycles. The molecule has 0 saturated heterocycles. The summed E-state index contributed by atoms with van der Waals surface area (Å²) < 4.78 is 35.5. The van der Waals surface area contributed by atoms with Gasteiger partial charge in [-0.2, -0.15) is 0 Å². The van der Waals surface area contributed by atoms with Gasteiger partial charge in [-0.25, -0.2) is 8.42 Å². The Bertz CT molecular complexity index is 1010. The van der Waals surface area contributed by atoms with E-state index in [9.17, 15) is 22.8 Å². The fraction of sp³-hybridized carbons (Fsp3) is 0.571. The number of rotatable bonds is 7. The van der Waals surface area contributed by atoms with E-state index in [4.69, 9.17) is 9.47 Å². The molecule has 0 radical (unpaired) electrons. The Hall–Kier alpha value is -2.06. The van der Waals surface area contributed by atoms with Crippen molar-refractivity contribution in [3.63, 3.8) is 0 Å². The molecule has 3 unspecified atom stereocenters. The average molecular weight is 422 g/mol. The largest absolute Gasteiger partial charge is 0.495 e. The zero-order valence-corrected chi connectivity index (χ0v) is 18.1. The highest BCUT2D eigenvalue weighted by Gasteiger charge is 2.64. The number of hydrogen-bond donors (Lipinski definition) is 0. The molecule has 2 aliphatic carbocycles. The van der Waals surface area contributed by atoms with E-state index in [0.717, 1.165) is 6.26 Å². The Morgan fingerprint density at radius 3 is 2.52 bits per heavy atom. The highest BCUT2D eigenvalue weighted by atomic mass is 32.2. The molecule has 3 rings (SSSR count). The molecule has 2 fully saturated rings. The van der Waals surface area contributed by atoms with Crippen LogP contribution in [-0.4, -0.2) is 50.8 Å². The second-order valence-electron chi connectivity index (χ2n) is 8.19. The van der Waals surface area contributed by atoms with Crippen LogP contribution >= 0.6 is 0 Å². The number of methoxy groups -OCH3 is 1.